The van der Waals surface area contributed by atoms with Crippen LogP contribution in [-0.4, -0.2) is 11.6 Å². The Hall–Kier alpha value is -1.70. The van der Waals surface area contributed by atoms with Crippen LogP contribution in [-0.2, 0) is 0 Å². The summed E-state index contributed by atoms with van der Waals surface area (Å²) < 4.78 is 0. The largest absolute Gasteiger partial charge is 0.289 e. The predicted octanol–water partition coefficient (Wildman–Crippen LogP) is 9.03. The van der Waals surface area contributed by atoms with E-state index in [0.29, 0.717) is 16.7 Å². The Morgan fingerprint density at radius 1 is 0.548 bits per heavy atom. The van der Waals surface area contributed by atoms with Crippen molar-refractivity contribution in [2.45, 2.75) is 123 Å². The van der Waals surface area contributed by atoms with Gasteiger partial charge in [0.05, 0.1) is 0 Å². The summed E-state index contributed by atoms with van der Waals surface area (Å²) in [5, 5.41) is 0. The molecule has 0 unspecified atom stereocenters. The number of hydrogen-bond donors (Lipinski definition) is 0. The lowest BCUT2D eigenvalue weighted by atomic mass is 9.82. The number of ketones is 2. The first-order valence-electron chi connectivity index (χ1n) is 13.0. The van der Waals surface area contributed by atoms with Crippen molar-refractivity contribution in [3.05, 3.63) is 46.5 Å². The number of unbranched alkanes of at least 4 members (excludes halogenated alkanes) is 15. The van der Waals surface area contributed by atoms with E-state index in [-0.39, 0.29) is 11.6 Å². The van der Waals surface area contributed by atoms with Gasteiger partial charge in [-0.15, -0.1) is 0 Å². The zero-order chi connectivity index (χ0) is 22.3. The Bertz CT molecular complexity index is 713. The molecule has 0 aromatic heterocycles. The Labute approximate surface area is 190 Å². The lowest BCUT2D eigenvalue weighted by molar-refractivity contribution is 0.0971. The molecule has 172 valence electrons. The molecule has 1 aliphatic rings. The zero-order valence-corrected chi connectivity index (χ0v) is 20.1. The van der Waals surface area contributed by atoms with Crippen molar-refractivity contribution >= 4 is 11.6 Å². The van der Waals surface area contributed by atoms with E-state index in [1.807, 2.05) is 19.1 Å². The molecule has 1 aromatic carbocycles. The molecule has 0 aliphatic heterocycles. The summed E-state index contributed by atoms with van der Waals surface area (Å²) in [4.78, 5) is 25.3. The van der Waals surface area contributed by atoms with Gasteiger partial charge in [0.15, 0.2) is 11.6 Å². The molecule has 31 heavy (non-hydrogen) atoms. The van der Waals surface area contributed by atoms with Crippen LogP contribution in [0, 0.1) is 0 Å². The number of rotatable bonds is 17. The van der Waals surface area contributed by atoms with Crippen LogP contribution in [0.2, 0.25) is 0 Å². The fourth-order valence-electron chi connectivity index (χ4n) is 4.70. The van der Waals surface area contributed by atoms with Crippen LogP contribution < -0.4 is 0 Å². The summed E-state index contributed by atoms with van der Waals surface area (Å²) in [6, 6.07) is 7.23. The maximum atomic E-state index is 12.8. The second-order valence-electron chi connectivity index (χ2n) is 9.36. The third kappa shape index (κ3) is 8.75. The number of carbonyl (C=O) groups is 2. The summed E-state index contributed by atoms with van der Waals surface area (Å²) >= 11 is 0. The lowest BCUT2D eigenvalue weighted by Gasteiger charge is -2.18. The number of fused-ring (bicyclic) bond motifs is 1. The highest BCUT2D eigenvalue weighted by molar-refractivity contribution is 6.26. The highest BCUT2D eigenvalue weighted by Gasteiger charge is 2.28. The van der Waals surface area contributed by atoms with E-state index in [9.17, 15) is 9.59 Å². The van der Waals surface area contributed by atoms with Gasteiger partial charge in [-0.05, 0) is 19.8 Å². The van der Waals surface area contributed by atoms with E-state index in [1.54, 1.807) is 12.1 Å². The monoisotopic (exact) mass is 424 g/mol. The van der Waals surface area contributed by atoms with Crippen LogP contribution in [0.5, 0.6) is 0 Å². The first-order chi connectivity index (χ1) is 15.2. The molecular weight excluding hydrogens is 380 g/mol. The molecular formula is C29H44O2. The molecule has 0 saturated heterocycles. The van der Waals surface area contributed by atoms with Crippen LogP contribution in [0.25, 0.3) is 0 Å². The zero-order valence-electron chi connectivity index (χ0n) is 20.1. The third-order valence-electron chi connectivity index (χ3n) is 6.76. The van der Waals surface area contributed by atoms with Crippen molar-refractivity contribution in [2.24, 2.45) is 0 Å². The van der Waals surface area contributed by atoms with Crippen LogP contribution in [0.4, 0.5) is 0 Å². The van der Waals surface area contributed by atoms with Gasteiger partial charge < -0.3 is 0 Å². The number of Topliss-reactive ketones (excluding diaryl/α,β-unsaturated/α-hetero) is 2. The minimum absolute atomic E-state index is 0.0293. The van der Waals surface area contributed by atoms with Crippen LogP contribution >= 0.6 is 0 Å². The van der Waals surface area contributed by atoms with Gasteiger partial charge in [0, 0.05) is 22.3 Å². The molecule has 0 saturated carbocycles. The van der Waals surface area contributed by atoms with Gasteiger partial charge in [-0.1, -0.05) is 128 Å². The van der Waals surface area contributed by atoms with Gasteiger partial charge in [0.2, 0.25) is 0 Å². The topological polar surface area (TPSA) is 34.1 Å². The van der Waals surface area contributed by atoms with Crippen molar-refractivity contribution < 1.29 is 9.59 Å². The van der Waals surface area contributed by atoms with E-state index in [4.69, 9.17) is 0 Å². The SMILES string of the molecule is CCCCCCCCCCCCCCCCCCC1=C(C)C(=O)c2ccccc2C1=O. The molecule has 2 rings (SSSR count). The number of hydrogen-bond acceptors (Lipinski definition) is 2. The average molecular weight is 425 g/mol. The van der Waals surface area contributed by atoms with Crippen molar-refractivity contribution in [1.29, 1.82) is 0 Å². The average Bonchev–Trinajstić information content (AvgIpc) is 2.79. The maximum absolute atomic E-state index is 12.8. The molecule has 0 fully saturated rings. The highest BCUT2D eigenvalue weighted by atomic mass is 16.1. The van der Waals surface area contributed by atoms with Crippen molar-refractivity contribution in [1.82, 2.24) is 0 Å². The highest BCUT2D eigenvalue weighted by Crippen LogP contribution is 2.29. The molecule has 0 spiro atoms. The van der Waals surface area contributed by atoms with E-state index in [0.717, 1.165) is 24.8 Å². The normalized spacial score (nSPS) is 13.7. The van der Waals surface area contributed by atoms with E-state index in [1.165, 1.54) is 89.9 Å². The summed E-state index contributed by atoms with van der Waals surface area (Å²) in [6.07, 6.45) is 22.2. The molecule has 0 bridgehead atoms. The number of allylic oxidation sites excluding steroid dienone is 2. The minimum atomic E-state index is 0.0293. The van der Waals surface area contributed by atoms with Gasteiger partial charge >= 0.3 is 0 Å². The summed E-state index contributed by atoms with van der Waals surface area (Å²) in [6.45, 7) is 4.10. The van der Waals surface area contributed by atoms with Crippen molar-refractivity contribution in [3.63, 3.8) is 0 Å². The standard InChI is InChI=1S/C29H44O2/c1-3-4-5-6-7-8-9-10-11-12-13-14-15-16-17-18-21-25-24(2)28(30)26-22-19-20-23-27(26)29(25)31/h19-20,22-23H,3-18,21H2,1-2H3. The fraction of sp³-hybridized carbons (Fsp3) is 0.655. The van der Waals surface area contributed by atoms with Crippen LogP contribution in [0.15, 0.2) is 35.4 Å². The second kappa shape index (κ2) is 15.2. The van der Waals surface area contributed by atoms with Crippen molar-refractivity contribution in [2.75, 3.05) is 0 Å². The molecule has 0 atom stereocenters. The summed E-state index contributed by atoms with van der Waals surface area (Å²) in [5.74, 6) is 0.0929. The molecule has 1 aliphatic carbocycles. The molecule has 2 heteroatoms. The molecule has 0 N–H and O–H groups in total. The summed E-state index contributed by atoms with van der Waals surface area (Å²) in [7, 11) is 0. The molecule has 0 radical (unpaired) electrons. The van der Waals surface area contributed by atoms with Gasteiger partial charge in [0.1, 0.15) is 0 Å². The van der Waals surface area contributed by atoms with Gasteiger partial charge in [-0.3, -0.25) is 9.59 Å². The molecule has 0 amide bonds. The molecule has 2 nitrogen and oxygen atoms in total. The Morgan fingerprint density at radius 3 is 1.39 bits per heavy atom. The van der Waals surface area contributed by atoms with Gasteiger partial charge in [0.25, 0.3) is 0 Å². The minimum Gasteiger partial charge on any atom is -0.289 e. The first kappa shape index (κ1) is 25.6. The summed E-state index contributed by atoms with van der Waals surface area (Å²) in [5.41, 5.74) is 2.56. The Balaban J connectivity index is 1.47. The first-order valence-corrected chi connectivity index (χ1v) is 13.0. The lowest BCUT2D eigenvalue weighted by Crippen LogP contribution is -2.20. The van der Waals surface area contributed by atoms with Crippen molar-refractivity contribution in [3.8, 4) is 0 Å². The molecule has 0 heterocycles. The predicted molar refractivity (Wildman–Crippen MR) is 132 cm³/mol. The quantitative estimate of drug-likeness (QED) is 0.234. The smallest absolute Gasteiger partial charge is 0.190 e. The second-order valence-corrected chi connectivity index (χ2v) is 9.36. The van der Waals surface area contributed by atoms with Crippen LogP contribution in [0.1, 0.15) is 144 Å². The molecule has 1 aromatic rings. The number of carbonyl (C=O) groups excluding carboxylic acids is 2. The number of benzene rings is 1. The Kier molecular flexibility index (Phi) is 12.5. The van der Waals surface area contributed by atoms with Gasteiger partial charge in [-0.25, -0.2) is 0 Å². The van der Waals surface area contributed by atoms with Crippen LogP contribution in [0.3, 0.4) is 0 Å². The Morgan fingerprint density at radius 2 is 0.935 bits per heavy atom. The van der Waals surface area contributed by atoms with E-state index >= 15 is 0 Å². The van der Waals surface area contributed by atoms with Gasteiger partial charge in [-0.2, -0.15) is 0 Å². The third-order valence-corrected chi connectivity index (χ3v) is 6.76. The van der Waals surface area contributed by atoms with E-state index < -0.39 is 0 Å². The fourth-order valence-corrected chi connectivity index (χ4v) is 4.70. The maximum Gasteiger partial charge on any atom is 0.190 e. The van der Waals surface area contributed by atoms with E-state index in [2.05, 4.69) is 6.92 Å².